The molecule has 1 heteroatoms. The van der Waals surface area contributed by atoms with Crippen molar-refractivity contribution in [1.29, 1.82) is 0 Å². The number of rotatable bonds is 8. The van der Waals surface area contributed by atoms with E-state index in [1.54, 1.807) is 0 Å². The van der Waals surface area contributed by atoms with Gasteiger partial charge in [-0.1, -0.05) is 54.4 Å². The first-order valence-corrected chi connectivity index (χ1v) is 6.66. The van der Waals surface area contributed by atoms with Gasteiger partial charge in [0.2, 0.25) is 0 Å². The molecule has 2 atom stereocenters. The van der Waals surface area contributed by atoms with Gasteiger partial charge in [-0.15, -0.1) is 0 Å². The van der Waals surface area contributed by atoms with Crippen molar-refractivity contribution in [1.82, 2.24) is 5.32 Å². The van der Waals surface area contributed by atoms with E-state index in [0.717, 1.165) is 36.8 Å². The minimum absolute atomic E-state index is 0.776. The Balaban J connectivity index is 3.75. The highest BCUT2D eigenvalue weighted by molar-refractivity contribution is 4.68. The van der Waals surface area contributed by atoms with Crippen LogP contribution in [0.1, 0.15) is 54.4 Å². The number of nitrogens with zero attached hydrogens (tertiary/aromatic N) is 1. The Hall–Kier alpha value is -0.0400. The maximum absolute atomic E-state index is 4.76. The van der Waals surface area contributed by atoms with Gasteiger partial charge >= 0.3 is 0 Å². The molecular weight excluding hydrogens is 182 g/mol. The monoisotopic (exact) mass is 212 g/mol. The molecule has 0 aromatic heterocycles. The first-order chi connectivity index (χ1) is 7.02. The number of hydrogen-bond donors (Lipinski definition) is 0. The molecule has 0 heterocycles. The van der Waals surface area contributed by atoms with Gasteiger partial charge < -0.3 is 0 Å². The molecule has 0 amide bonds. The van der Waals surface area contributed by atoms with Crippen LogP contribution in [0.2, 0.25) is 0 Å². The maximum atomic E-state index is 4.76. The van der Waals surface area contributed by atoms with Crippen molar-refractivity contribution in [2.45, 2.75) is 54.4 Å². The molecule has 0 saturated carbocycles. The van der Waals surface area contributed by atoms with E-state index in [1.807, 2.05) is 0 Å². The molecule has 2 unspecified atom stereocenters. The van der Waals surface area contributed by atoms with Gasteiger partial charge in [0.05, 0.1) is 0 Å². The largest absolute Gasteiger partial charge is 0.241 e. The molecule has 0 rings (SSSR count). The average molecular weight is 212 g/mol. The zero-order valence-electron chi connectivity index (χ0n) is 11.6. The average Bonchev–Trinajstić information content (AvgIpc) is 2.17. The molecule has 0 aromatic carbocycles. The maximum Gasteiger partial charge on any atom is 0.0164 e. The summed E-state index contributed by atoms with van der Waals surface area (Å²) >= 11 is 0. The standard InChI is InChI=1S/C14H30N/c1-7-13(11(3)4)9-15-10-14(8-2)12(5)6/h11-14H,7-10H2,1-6H3. The molecule has 0 N–H and O–H groups in total. The lowest BCUT2D eigenvalue weighted by Crippen LogP contribution is -2.26. The van der Waals surface area contributed by atoms with E-state index in [0.29, 0.717) is 0 Å². The van der Waals surface area contributed by atoms with Gasteiger partial charge in [-0.25, -0.2) is 5.32 Å². The molecule has 0 bridgehead atoms. The first-order valence-electron chi connectivity index (χ1n) is 6.66. The van der Waals surface area contributed by atoms with Gasteiger partial charge in [0.25, 0.3) is 0 Å². The van der Waals surface area contributed by atoms with Crippen molar-refractivity contribution in [3.63, 3.8) is 0 Å². The second-order valence-electron chi connectivity index (χ2n) is 5.41. The van der Waals surface area contributed by atoms with Crippen molar-refractivity contribution in [3.8, 4) is 0 Å². The van der Waals surface area contributed by atoms with Crippen LogP contribution in [0.5, 0.6) is 0 Å². The Morgan fingerprint density at radius 1 is 0.733 bits per heavy atom. The minimum atomic E-state index is 0.776. The Morgan fingerprint density at radius 2 is 1.07 bits per heavy atom. The summed E-state index contributed by atoms with van der Waals surface area (Å²) < 4.78 is 0. The Kier molecular flexibility index (Phi) is 8.13. The lowest BCUT2D eigenvalue weighted by molar-refractivity contribution is 0.305. The summed E-state index contributed by atoms with van der Waals surface area (Å²) in [6.07, 6.45) is 2.53. The third-order valence-corrected chi connectivity index (χ3v) is 3.66. The molecule has 1 nitrogen and oxygen atoms in total. The molecule has 0 aromatic rings. The van der Waals surface area contributed by atoms with Gasteiger partial charge in [-0.05, 0) is 23.7 Å². The van der Waals surface area contributed by atoms with Gasteiger partial charge in [0.15, 0.2) is 0 Å². The topological polar surface area (TPSA) is 14.1 Å². The van der Waals surface area contributed by atoms with Crippen LogP contribution in [0.3, 0.4) is 0 Å². The summed E-state index contributed by atoms with van der Waals surface area (Å²) in [6, 6.07) is 0. The summed E-state index contributed by atoms with van der Waals surface area (Å²) in [5.41, 5.74) is 0. The summed E-state index contributed by atoms with van der Waals surface area (Å²) in [7, 11) is 0. The molecular formula is C14H30N. The van der Waals surface area contributed by atoms with Gasteiger partial charge in [0.1, 0.15) is 0 Å². The van der Waals surface area contributed by atoms with Crippen molar-refractivity contribution in [3.05, 3.63) is 0 Å². The molecule has 0 fully saturated rings. The van der Waals surface area contributed by atoms with E-state index in [2.05, 4.69) is 41.5 Å². The molecule has 91 valence electrons. The van der Waals surface area contributed by atoms with Crippen molar-refractivity contribution < 1.29 is 0 Å². The van der Waals surface area contributed by atoms with E-state index in [-0.39, 0.29) is 0 Å². The van der Waals surface area contributed by atoms with Crippen LogP contribution < -0.4 is 5.32 Å². The van der Waals surface area contributed by atoms with E-state index < -0.39 is 0 Å². The zero-order chi connectivity index (χ0) is 11.8. The summed E-state index contributed by atoms with van der Waals surface area (Å²) in [4.78, 5) is 0. The van der Waals surface area contributed by atoms with E-state index in [9.17, 15) is 0 Å². The van der Waals surface area contributed by atoms with Crippen LogP contribution in [0.15, 0.2) is 0 Å². The fourth-order valence-corrected chi connectivity index (χ4v) is 2.03. The minimum Gasteiger partial charge on any atom is -0.241 e. The van der Waals surface area contributed by atoms with Gasteiger partial charge in [-0.3, -0.25) is 0 Å². The quantitative estimate of drug-likeness (QED) is 0.578. The zero-order valence-corrected chi connectivity index (χ0v) is 11.6. The lowest BCUT2D eigenvalue weighted by Gasteiger charge is -2.22. The summed E-state index contributed by atoms with van der Waals surface area (Å²) in [5, 5.41) is 4.76. The normalized spacial score (nSPS) is 16.0. The third-order valence-electron chi connectivity index (χ3n) is 3.66. The van der Waals surface area contributed by atoms with Crippen LogP contribution in [0.4, 0.5) is 0 Å². The van der Waals surface area contributed by atoms with Gasteiger partial charge in [0, 0.05) is 13.1 Å². The first kappa shape index (κ1) is 15.0. The second kappa shape index (κ2) is 8.15. The van der Waals surface area contributed by atoms with Crippen LogP contribution in [-0.4, -0.2) is 13.1 Å². The third kappa shape index (κ3) is 6.19. The van der Waals surface area contributed by atoms with Gasteiger partial charge in [-0.2, -0.15) is 0 Å². The second-order valence-corrected chi connectivity index (χ2v) is 5.41. The Morgan fingerprint density at radius 3 is 1.27 bits per heavy atom. The van der Waals surface area contributed by atoms with Crippen molar-refractivity contribution in [2.24, 2.45) is 23.7 Å². The highest BCUT2D eigenvalue weighted by Gasteiger charge is 2.14. The van der Waals surface area contributed by atoms with E-state index in [4.69, 9.17) is 5.32 Å². The van der Waals surface area contributed by atoms with Crippen LogP contribution in [0.25, 0.3) is 0 Å². The Labute approximate surface area is 97.0 Å². The van der Waals surface area contributed by atoms with E-state index >= 15 is 0 Å². The highest BCUT2D eigenvalue weighted by atomic mass is 14.9. The number of hydrogen-bond acceptors (Lipinski definition) is 0. The molecule has 15 heavy (non-hydrogen) atoms. The molecule has 1 radical (unpaired) electrons. The van der Waals surface area contributed by atoms with Crippen molar-refractivity contribution in [2.75, 3.05) is 13.1 Å². The fourth-order valence-electron chi connectivity index (χ4n) is 2.03. The Bertz CT molecular complexity index is 124. The molecule has 0 saturated heterocycles. The predicted octanol–water partition coefficient (Wildman–Crippen LogP) is 3.96. The molecule has 0 aliphatic rings. The molecule has 0 aliphatic heterocycles. The van der Waals surface area contributed by atoms with Crippen LogP contribution in [0, 0.1) is 23.7 Å². The molecule has 0 spiro atoms. The summed E-state index contributed by atoms with van der Waals surface area (Å²) in [6.45, 7) is 15.9. The van der Waals surface area contributed by atoms with Crippen molar-refractivity contribution >= 4 is 0 Å². The fraction of sp³-hybridized carbons (Fsp3) is 1.00. The predicted molar refractivity (Wildman–Crippen MR) is 69.1 cm³/mol. The summed E-state index contributed by atoms with van der Waals surface area (Å²) in [5.74, 6) is 3.13. The van der Waals surface area contributed by atoms with Crippen LogP contribution in [-0.2, 0) is 0 Å². The molecule has 0 aliphatic carbocycles. The van der Waals surface area contributed by atoms with E-state index in [1.165, 1.54) is 12.8 Å². The van der Waals surface area contributed by atoms with Crippen LogP contribution >= 0.6 is 0 Å². The highest BCUT2D eigenvalue weighted by Crippen LogP contribution is 2.16. The smallest absolute Gasteiger partial charge is 0.0164 e. The SMILES string of the molecule is CCC(C[N]CC(CC)C(C)C)C(C)C. The lowest BCUT2D eigenvalue weighted by atomic mass is 9.91.